The maximum Gasteiger partial charge on any atom is 0.0436 e. The standard InChI is InChI=1S/C12H13Cl/c1-3-4-5-6-11-7-8-12(13)10(2)9-11/h7-9H,3-4H2,1-2H3. The first-order valence-corrected chi connectivity index (χ1v) is 4.87. The van der Waals surface area contributed by atoms with Crippen molar-refractivity contribution < 1.29 is 0 Å². The van der Waals surface area contributed by atoms with Gasteiger partial charge in [-0.3, -0.25) is 0 Å². The van der Waals surface area contributed by atoms with Gasteiger partial charge >= 0.3 is 0 Å². The Morgan fingerprint density at radius 1 is 1.38 bits per heavy atom. The van der Waals surface area contributed by atoms with Crippen LogP contribution in [-0.2, 0) is 0 Å². The molecule has 0 bridgehead atoms. The van der Waals surface area contributed by atoms with E-state index in [9.17, 15) is 0 Å². The summed E-state index contributed by atoms with van der Waals surface area (Å²) in [6.45, 7) is 4.12. The summed E-state index contributed by atoms with van der Waals surface area (Å²) < 4.78 is 0. The lowest BCUT2D eigenvalue weighted by molar-refractivity contribution is 0.983. The topological polar surface area (TPSA) is 0 Å². The van der Waals surface area contributed by atoms with Crippen LogP contribution in [0.25, 0.3) is 0 Å². The maximum atomic E-state index is 5.89. The van der Waals surface area contributed by atoms with Crippen LogP contribution in [0.4, 0.5) is 0 Å². The monoisotopic (exact) mass is 192 g/mol. The van der Waals surface area contributed by atoms with Crippen LogP contribution in [0, 0.1) is 18.8 Å². The average Bonchev–Trinajstić information content (AvgIpc) is 2.12. The molecule has 68 valence electrons. The normalized spacial score (nSPS) is 9.15. The summed E-state index contributed by atoms with van der Waals surface area (Å²) >= 11 is 5.89. The second-order valence-corrected chi connectivity index (χ2v) is 3.42. The molecule has 0 aromatic heterocycles. The molecule has 0 heterocycles. The van der Waals surface area contributed by atoms with E-state index in [1.807, 2.05) is 25.1 Å². The number of unbranched alkanes of at least 4 members (excludes halogenated alkanes) is 1. The number of aryl methyl sites for hydroxylation is 1. The van der Waals surface area contributed by atoms with E-state index in [0.29, 0.717) is 0 Å². The molecule has 0 aliphatic rings. The number of rotatable bonds is 1. The summed E-state index contributed by atoms with van der Waals surface area (Å²) in [6, 6.07) is 5.87. The Kier molecular flexibility index (Phi) is 3.86. The predicted molar refractivity (Wildman–Crippen MR) is 58.0 cm³/mol. The van der Waals surface area contributed by atoms with Gasteiger partial charge in [0, 0.05) is 17.0 Å². The second-order valence-electron chi connectivity index (χ2n) is 3.02. The van der Waals surface area contributed by atoms with Crippen molar-refractivity contribution in [3.8, 4) is 11.8 Å². The van der Waals surface area contributed by atoms with Gasteiger partial charge < -0.3 is 0 Å². The van der Waals surface area contributed by atoms with Crippen LogP contribution in [0.3, 0.4) is 0 Å². The first-order chi connectivity index (χ1) is 6.24. The van der Waals surface area contributed by atoms with Crippen LogP contribution in [0.15, 0.2) is 18.2 Å². The van der Waals surface area contributed by atoms with Crippen molar-refractivity contribution >= 4 is 11.6 Å². The summed E-state index contributed by atoms with van der Waals surface area (Å²) in [4.78, 5) is 0. The van der Waals surface area contributed by atoms with Gasteiger partial charge in [0.2, 0.25) is 0 Å². The lowest BCUT2D eigenvalue weighted by Gasteiger charge is -1.96. The van der Waals surface area contributed by atoms with E-state index < -0.39 is 0 Å². The quantitative estimate of drug-likeness (QED) is 0.594. The third-order valence-electron chi connectivity index (χ3n) is 1.77. The van der Waals surface area contributed by atoms with Gasteiger partial charge in [-0.2, -0.15) is 0 Å². The zero-order valence-electron chi connectivity index (χ0n) is 8.02. The lowest BCUT2D eigenvalue weighted by Crippen LogP contribution is -1.78. The van der Waals surface area contributed by atoms with Crippen molar-refractivity contribution in [3.05, 3.63) is 34.3 Å². The third-order valence-corrected chi connectivity index (χ3v) is 2.19. The molecular weight excluding hydrogens is 180 g/mol. The number of benzene rings is 1. The molecule has 0 spiro atoms. The number of halogens is 1. The molecule has 1 aromatic rings. The molecule has 0 saturated carbocycles. The molecule has 1 heteroatoms. The minimum Gasteiger partial charge on any atom is -0.0979 e. The van der Waals surface area contributed by atoms with Crippen molar-refractivity contribution in [2.75, 3.05) is 0 Å². The van der Waals surface area contributed by atoms with E-state index in [0.717, 1.165) is 29.0 Å². The molecular formula is C12H13Cl. The van der Waals surface area contributed by atoms with Gasteiger partial charge in [-0.05, 0) is 37.1 Å². The summed E-state index contributed by atoms with van der Waals surface area (Å²) in [5, 5.41) is 0.807. The fraction of sp³-hybridized carbons (Fsp3) is 0.333. The average molecular weight is 193 g/mol. The third kappa shape index (κ3) is 3.13. The van der Waals surface area contributed by atoms with E-state index in [-0.39, 0.29) is 0 Å². The Morgan fingerprint density at radius 3 is 2.77 bits per heavy atom. The molecule has 0 fully saturated rings. The molecule has 0 nitrogen and oxygen atoms in total. The van der Waals surface area contributed by atoms with Crippen LogP contribution < -0.4 is 0 Å². The Morgan fingerprint density at radius 2 is 2.15 bits per heavy atom. The zero-order valence-corrected chi connectivity index (χ0v) is 8.78. The minimum absolute atomic E-state index is 0.807. The summed E-state index contributed by atoms with van der Waals surface area (Å²) in [7, 11) is 0. The Labute approximate surface area is 84.9 Å². The van der Waals surface area contributed by atoms with E-state index in [2.05, 4.69) is 18.8 Å². The molecule has 1 rings (SSSR count). The first-order valence-electron chi connectivity index (χ1n) is 4.49. The summed E-state index contributed by atoms with van der Waals surface area (Å²) in [6.07, 6.45) is 2.07. The van der Waals surface area contributed by atoms with E-state index in [1.54, 1.807) is 0 Å². The molecule has 0 N–H and O–H groups in total. The van der Waals surface area contributed by atoms with Crippen molar-refractivity contribution in [2.45, 2.75) is 26.7 Å². The van der Waals surface area contributed by atoms with Crippen molar-refractivity contribution in [1.29, 1.82) is 0 Å². The molecule has 13 heavy (non-hydrogen) atoms. The minimum atomic E-state index is 0.807. The molecule has 0 radical (unpaired) electrons. The lowest BCUT2D eigenvalue weighted by atomic mass is 10.1. The van der Waals surface area contributed by atoms with Gasteiger partial charge in [0.15, 0.2) is 0 Å². The van der Waals surface area contributed by atoms with Crippen LogP contribution in [0.5, 0.6) is 0 Å². The van der Waals surface area contributed by atoms with Gasteiger partial charge in [-0.25, -0.2) is 0 Å². The predicted octanol–water partition coefficient (Wildman–Crippen LogP) is 3.80. The number of hydrogen-bond donors (Lipinski definition) is 0. The fourth-order valence-electron chi connectivity index (χ4n) is 1.01. The van der Waals surface area contributed by atoms with Gasteiger partial charge in [-0.15, -0.1) is 0 Å². The van der Waals surface area contributed by atoms with Crippen molar-refractivity contribution in [3.63, 3.8) is 0 Å². The van der Waals surface area contributed by atoms with Gasteiger partial charge in [0.1, 0.15) is 0 Å². The highest BCUT2D eigenvalue weighted by molar-refractivity contribution is 6.31. The smallest absolute Gasteiger partial charge is 0.0436 e. The van der Waals surface area contributed by atoms with Crippen molar-refractivity contribution in [1.82, 2.24) is 0 Å². The molecule has 0 aliphatic carbocycles. The molecule has 0 amide bonds. The van der Waals surface area contributed by atoms with Crippen LogP contribution in [-0.4, -0.2) is 0 Å². The van der Waals surface area contributed by atoms with Crippen molar-refractivity contribution in [2.24, 2.45) is 0 Å². The van der Waals surface area contributed by atoms with Crippen LogP contribution >= 0.6 is 11.6 Å². The Hall–Kier alpha value is -0.930. The van der Waals surface area contributed by atoms with Crippen LogP contribution in [0.2, 0.25) is 5.02 Å². The second kappa shape index (κ2) is 4.94. The van der Waals surface area contributed by atoms with Crippen LogP contribution in [0.1, 0.15) is 30.9 Å². The Bertz CT molecular complexity index is 342. The summed E-state index contributed by atoms with van der Waals surface area (Å²) in [5.41, 5.74) is 2.14. The highest BCUT2D eigenvalue weighted by Gasteiger charge is 1.93. The molecule has 0 atom stereocenters. The summed E-state index contributed by atoms with van der Waals surface area (Å²) in [5.74, 6) is 6.21. The highest BCUT2D eigenvalue weighted by Crippen LogP contribution is 2.15. The molecule has 0 aliphatic heterocycles. The Balaban J connectivity index is 2.81. The van der Waals surface area contributed by atoms with E-state index in [4.69, 9.17) is 11.6 Å². The van der Waals surface area contributed by atoms with Gasteiger partial charge in [0.25, 0.3) is 0 Å². The van der Waals surface area contributed by atoms with E-state index >= 15 is 0 Å². The molecule has 0 saturated heterocycles. The van der Waals surface area contributed by atoms with Gasteiger partial charge in [-0.1, -0.05) is 30.4 Å². The highest BCUT2D eigenvalue weighted by atomic mass is 35.5. The molecule has 1 aromatic carbocycles. The SMILES string of the molecule is CCCC#Cc1ccc(Cl)c(C)c1. The van der Waals surface area contributed by atoms with E-state index in [1.165, 1.54) is 0 Å². The fourth-order valence-corrected chi connectivity index (χ4v) is 1.13. The largest absolute Gasteiger partial charge is 0.0979 e. The first kappa shape index (κ1) is 10.2. The zero-order chi connectivity index (χ0) is 9.68. The number of hydrogen-bond acceptors (Lipinski definition) is 0. The molecule has 0 unspecified atom stereocenters. The van der Waals surface area contributed by atoms with Gasteiger partial charge in [0.05, 0.1) is 0 Å². The maximum absolute atomic E-state index is 5.89.